The first-order valence-electron chi connectivity index (χ1n) is 5.51. The van der Waals surface area contributed by atoms with Crippen LogP contribution in [-0.4, -0.2) is 29.8 Å². The summed E-state index contributed by atoms with van der Waals surface area (Å²) < 4.78 is 4.92. The molecule has 1 rings (SSSR count). The average Bonchev–Trinajstić information content (AvgIpc) is 2.37. The van der Waals surface area contributed by atoms with Gasteiger partial charge >= 0.3 is 6.09 Å². The molecule has 0 aliphatic carbocycles. The van der Waals surface area contributed by atoms with Crippen molar-refractivity contribution in [1.82, 2.24) is 5.32 Å². The fourth-order valence-corrected chi connectivity index (χ4v) is 1.32. The van der Waals surface area contributed by atoms with Crippen LogP contribution in [0.4, 0.5) is 4.79 Å². The Morgan fingerprint density at radius 1 is 1.33 bits per heavy atom. The van der Waals surface area contributed by atoms with Gasteiger partial charge in [-0.25, -0.2) is 4.79 Å². The van der Waals surface area contributed by atoms with Gasteiger partial charge in [-0.1, -0.05) is 30.3 Å². The highest BCUT2D eigenvalue weighted by atomic mass is 16.5. The summed E-state index contributed by atoms with van der Waals surface area (Å²) in [6.07, 6.45) is -0.674. The molecule has 0 spiro atoms. The van der Waals surface area contributed by atoms with Gasteiger partial charge in [0.15, 0.2) is 0 Å². The number of nitrogens with two attached hydrogens (primary N) is 1. The van der Waals surface area contributed by atoms with Crippen molar-refractivity contribution < 1.29 is 19.4 Å². The highest BCUT2D eigenvalue weighted by Crippen LogP contribution is 2.01. The Bertz CT molecular complexity index is 394. The quantitative estimate of drug-likeness (QED) is 0.670. The topological polar surface area (TPSA) is 102 Å². The molecule has 1 atom stereocenters. The van der Waals surface area contributed by atoms with E-state index in [0.29, 0.717) is 0 Å². The molecule has 0 aromatic heterocycles. The highest BCUT2D eigenvalue weighted by Gasteiger charge is 2.17. The van der Waals surface area contributed by atoms with E-state index in [-0.39, 0.29) is 19.6 Å². The lowest BCUT2D eigenvalue weighted by Gasteiger charge is -2.14. The number of primary amides is 1. The number of benzene rings is 1. The van der Waals surface area contributed by atoms with Crippen LogP contribution in [0.1, 0.15) is 12.0 Å². The van der Waals surface area contributed by atoms with Crippen LogP contribution in [0.15, 0.2) is 30.3 Å². The molecule has 18 heavy (non-hydrogen) atoms. The zero-order chi connectivity index (χ0) is 13.4. The van der Waals surface area contributed by atoms with E-state index < -0.39 is 18.0 Å². The maximum atomic E-state index is 11.4. The molecule has 98 valence electrons. The Balaban J connectivity index is 2.39. The summed E-state index contributed by atoms with van der Waals surface area (Å²) in [6, 6.07) is 8.22. The summed E-state index contributed by atoms with van der Waals surface area (Å²) >= 11 is 0. The molecule has 0 saturated heterocycles. The van der Waals surface area contributed by atoms with Gasteiger partial charge in [-0.3, -0.25) is 4.79 Å². The van der Waals surface area contributed by atoms with Gasteiger partial charge in [-0.2, -0.15) is 0 Å². The van der Waals surface area contributed by atoms with Crippen LogP contribution in [-0.2, 0) is 16.1 Å². The van der Waals surface area contributed by atoms with Gasteiger partial charge in [0.25, 0.3) is 0 Å². The molecular formula is C12H16N2O4. The Morgan fingerprint density at radius 2 is 2.00 bits per heavy atom. The number of rotatable bonds is 6. The van der Waals surface area contributed by atoms with Crippen molar-refractivity contribution in [3.05, 3.63) is 35.9 Å². The number of amides is 2. The third kappa shape index (κ3) is 4.84. The van der Waals surface area contributed by atoms with Crippen molar-refractivity contribution in [2.75, 3.05) is 6.61 Å². The van der Waals surface area contributed by atoms with Gasteiger partial charge in [-0.15, -0.1) is 0 Å². The molecule has 0 aliphatic heterocycles. The van der Waals surface area contributed by atoms with Crippen LogP contribution >= 0.6 is 0 Å². The first-order valence-corrected chi connectivity index (χ1v) is 5.51. The molecule has 6 heteroatoms. The van der Waals surface area contributed by atoms with Crippen LogP contribution in [0.5, 0.6) is 0 Å². The SMILES string of the molecule is NC(=O)[C@@H](CCO)NC(=O)OCc1ccccc1. The fourth-order valence-electron chi connectivity index (χ4n) is 1.32. The molecule has 0 heterocycles. The number of carbonyl (C=O) groups excluding carboxylic acids is 2. The van der Waals surface area contributed by atoms with Gasteiger partial charge < -0.3 is 20.9 Å². The number of aliphatic hydroxyl groups is 1. The van der Waals surface area contributed by atoms with E-state index in [2.05, 4.69) is 5.32 Å². The van der Waals surface area contributed by atoms with E-state index in [1.807, 2.05) is 30.3 Å². The molecule has 0 aliphatic rings. The summed E-state index contributed by atoms with van der Waals surface area (Å²) in [5, 5.41) is 11.0. The number of alkyl carbamates (subject to hydrolysis) is 1. The number of ether oxygens (including phenoxy) is 1. The highest BCUT2D eigenvalue weighted by molar-refractivity contribution is 5.84. The summed E-state index contributed by atoms with van der Waals surface area (Å²) in [4.78, 5) is 22.3. The Morgan fingerprint density at radius 3 is 2.56 bits per heavy atom. The van der Waals surface area contributed by atoms with Crippen molar-refractivity contribution in [2.45, 2.75) is 19.1 Å². The lowest BCUT2D eigenvalue weighted by Crippen LogP contribution is -2.45. The van der Waals surface area contributed by atoms with Crippen LogP contribution in [0.2, 0.25) is 0 Å². The lowest BCUT2D eigenvalue weighted by atomic mass is 10.2. The predicted octanol–water partition coefficient (Wildman–Crippen LogP) is 0.149. The minimum atomic E-state index is -0.918. The molecule has 0 radical (unpaired) electrons. The van der Waals surface area contributed by atoms with E-state index in [1.54, 1.807) is 0 Å². The monoisotopic (exact) mass is 252 g/mol. The van der Waals surface area contributed by atoms with E-state index in [9.17, 15) is 9.59 Å². The van der Waals surface area contributed by atoms with Crippen molar-refractivity contribution in [2.24, 2.45) is 5.73 Å². The zero-order valence-corrected chi connectivity index (χ0v) is 9.83. The average molecular weight is 252 g/mol. The molecule has 0 fully saturated rings. The molecule has 1 aromatic carbocycles. The van der Waals surface area contributed by atoms with E-state index >= 15 is 0 Å². The fraction of sp³-hybridized carbons (Fsp3) is 0.333. The first-order chi connectivity index (χ1) is 8.63. The van der Waals surface area contributed by atoms with Crippen LogP contribution in [0, 0.1) is 0 Å². The van der Waals surface area contributed by atoms with Gasteiger partial charge in [0.2, 0.25) is 5.91 Å². The standard InChI is InChI=1S/C12H16N2O4/c13-11(16)10(6-7-15)14-12(17)18-8-9-4-2-1-3-5-9/h1-5,10,15H,6-8H2,(H2,13,16)(H,14,17)/t10-/m1/s1. The summed E-state index contributed by atoms with van der Waals surface area (Å²) in [5.41, 5.74) is 5.90. The normalized spacial score (nSPS) is 11.6. The van der Waals surface area contributed by atoms with Crippen LogP contribution in [0.25, 0.3) is 0 Å². The number of hydrogen-bond acceptors (Lipinski definition) is 4. The minimum Gasteiger partial charge on any atom is -0.445 e. The molecule has 1 aromatic rings. The third-order valence-corrected chi connectivity index (χ3v) is 2.27. The van der Waals surface area contributed by atoms with Crippen molar-refractivity contribution >= 4 is 12.0 Å². The second kappa shape index (κ2) is 7.29. The van der Waals surface area contributed by atoms with E-state index in [4.69, 9.17) is 15.6 Å². The Labute approximate surface area is 105 Å². The number of hydrogen-bond donors (Lipinski definition) is 3. The smallest absolute Gasteiger partial charge is 0.408 e. The molecule has 2 amide bonds. The molecule has 0 bridgehead atoms. The summed E-state index contributed by atoms with van der Waals surface area (Å²) in [7, 11) is 0. The zero-order valence-electron chi connectivity index (χ0n) is 9.83. The van der Waals surface area contributed by atoms with Gasteiger partial charge in [0, 0.05) is 6.61 Å². The van der Waals surface area contributed by atoms with Crippen LogP contribution in [0.3, 0.4) is 0 Å². The molecule has 0 saturated carbocycles. The largest absolute Gasteiger partial charge is 0.445 e. The molecular weight excluding hydrogens is 236 g/mol. The van der Waals surface area contributed by atoms with Crippen molar-refractivity contribution in [1.29, 1.82) is 0 Å². The van der Waals surface area contributed by atoms with Crippen molar-refractivity contribution in [3.8, 4) is 0 Å². The van der Waals surface area contributed by atoms with E-state index in [0.717, 1.165) is 5.56 Å². The maximum Gasteiger partial charge on any atom is 0.408 e. The first kappa shape index (κ1) is 14.0. The van der Waals surface area contributed by atoms with Gasteiger partial charge in [0.1, 0.15) is 12.6 Å². The van der Waals surface area contributed by atoms with Gasteiger partial charge in [0.05, 0.1) is 0 Å². The summed E-state index contributed by atoms with van der Waals surface area (Å²) in [5.74, 6) is -0.708. The van der Waals surface area contributed by atoms with E-state index in [1.165, 1.54) is 0 Å². The van der Waals surface area contributed by atoms with Gasteiger partial charge in [-0.05, 0) is 12.0 Å². The number of nitrogens with one attached hydrogen (secondary N) is 1. The second-order valence-corrected chi connectivity index (χ2v) is 3.67. The molecule has 4 N–H and O–H groups in total. The Kier molecular flexibility index (Phi) is 5.66. The summed E-state index contributed by atoms with van der Waals surface area (Å²) in [6.45, 7) is -0.135. The number of aliphatic hydroxyl groups excluding tert-OH is 1. The van der Waals surface area contributed by atoms with Crippen LogP contribution < -0.4 is 11.1 Å². The molecule has 0 unspecified atom stereocenters. The lowest BCUT2D eigenvalue weighted by molar-refractivity contribution is -0.120. The van der Waals surface area contributed by atoms with Crippen molar-refractivity contribution in [3.63, 3.8) is 0 Å². The predicted molar refractivity (Wildman–Crippen MR) is 64.4 cm³/mol. The second-order valence-electron chi connectivity index (χ2n) is 3.67. The third-order valence-electron chi connectivity index (χ3n) is 2.27. The minimum absolute atomic E-state index is 0.0652. The maximum absolute atomic E-state index is 11.4. The Hall–Kier alpha value is -2.08. The molecule has 6 nitrogen and oxygen atoms in total. The number of carbonyl (C=O) groups is 2.